The Labute approximate surface area is 129 Å². The highest BCUT2D eigenvalue weighted by atomic mass is 35.5. The average Bonchev–Trinajstić information content (AvgIpc) is 3.12. The van der Waals surface area contributed by atoms with E-state index < -0.39 is 0 Å². The van der Waals surface area contributed by atoms with Crippen molar-refractivity contribution in [2.24, 2.45) is 4.99 Å². The van der Waals surface area contributed by atoms with Crippen molar-refractivity contribution in [3.05, 3.63) is 39.1 Å². The van der Waals surface area contributed by atoms with Crippen LogP contribution in [0.25, 0.3) is 15.8 Å². The number of hydrogen-bond acceptors (Lipinski definition) is 5. The Hall–Kier alpha value is -1.01. The van der Waals surface area contributed by atoms with Crippen LogP contribution in [0.15, 0.2) is 33.5 Å². The summed E-state index contributed by atoms with van der Waals surface area (Å²) in [4.78, 5) is 7.60. The van der Waals surface area contributed by atoms with E-state index in [9.17, 15) is 5.11 Å². The van der Waals surface area contributed by atoms with Crippen LogP contribution >= 0.6 is 34.7 Å². The molecule has 0 atom stereocenters. The predicted octanol–water partition coefficient (Wildman–Crippen LogP) is 3.63. The van der Waals surface area contributed by atoms with Crippen LogP contribution in [0.3, 0.4) is 0 Å². The van der Waals surface area contributed by atoms with Crippen molar-refractivity contribution in [2.75, 3.05) is 19.7 Å². The third-order valence-corrected chi connectivity index (χ3v) is 5.77. The molecule has 0 radical (unpaired) electrons. The molecule has 102 valence electrons. The van der Waals surface area contributed by atoms with E-state index in [2.05, 4.69) is 16.0 Å². The molecule has 1 aromatic heterocycles. The fourth-order valence-corrected chi connectivity index (χ4v) is 4.87. The van der Waals surface area contributed by atoms with E-state index in [1.165, 1.54) is 4.70 Å². The number of benzene rings is 1. The van der Waals surface area contributed by atoms with Crippen molar-refractivity contribution in [1.82, 2.24) is 4.90 Å². The van der Waals surface area contributed by atoms with Gasteiger partial charge < -0.3 is 10.0 Å². The lowest BCUT2D eigenvalue weighted by molar-refractivity contribution is 0.339. The number of aliphatic imine (C=N–C) groups is 1. The molecule has 0 fully saturated rings. The fraction of sp³-hybridized carbons (Fsp3) is 0.214. The Morgan fingerprint density at radius 1 is 1.40 bits per heavy atom. The summed E-state index contributed by atoms with van der Waals surface area (Å²) in [6, 6.07) is 6.18. The van der Waals surface area contributed by atoms with Crippen LogP contribution in [-0.4, -0.2) is 34.9 Å². The van der Waals surface area contributed by atoms with Crippen molar-refractivity contribution < 1.29 is 5.11 Å². The van der Waals surface area contributed by atoms with Gasteiger partial charge in [0.1, 0.15) is 0 Å². The smallest absolute Gasteiger partial charge is 0.168 e. The van der Waals surface area contributed by atoms with Gasteiger partial charge in [-0.2, -0.15) is 0 Å². The van der Waals surface area contributed by atoms with Gasteiger partial charge in [0.05, 0.1) is 18.8 Å². The Balaban J connectivity index is 1.90. The molecular weight excluding hydrogens is 312 g/mol. The van der Waals surface area contributed by atoms with Crippen LogP contribution < -0.4 is 0 Å². The summed E-state index contributed by atoms with van der Waals surface area (Å²) in [7, 11) is 0. The molecule has 2 aromatic rings. The molecule has 0 bridgehead atoms. The second kappa shape index (κ2) is 4.77. The maximum Gasteiger partial charge on any atom is 0.168 e. The highest BCUT2D eigenvalue weighted by Crippen LogP contribution is 2.43. The summed E-state index contributed by atoms with van der Waals surface area (Å²) >= 11 is 9.63. The number of aliphatic hydroxyl groups is 1. The summed E-state index contributed by atoms with van der Waals surface area (Å²) in [6.45, 7) is 1.73. The highest BCUT2D eigenvalue weighted by molar-refractivity contribution is 8.17. The molecule has 0 saturated carbocycles. The van der Waals surface area contributed by atoms with Gasteiger partial charge in [0.25, 0.3) is 0 Å². The van der Waals surface area contributed by atoms with Crippen LogP contribution in [0.4, 0.5) is 0 Å². The van der Waals surface area contributed by atoms with Crippen molar-refractivity contribution in [2.45, 2.75) is 0 Å². The van der Waals surface area contributed by atoms with Gasteiger partial charge >= 0.3 is 0 Å². The Morgan fingerprint density at radius 3 is 3.15 bits per heavy atom. The first-order valence-corrected chi connectivity index (χ1v) is 8.36. The quantitative estimate of drug-likeness (QED) is 0.917. The molecule has 3 heterocycles. The molecule has 1 N–H and O–H groups in total. The third kappa shape index (κ3) is 1.81. The van der Waals surface area contributed by atoms with E-state index in [1.54, 1.807) is 23.1 Å². The summed E-state index contributed by atoms with van der Waals surface area (Å²) in [5, 5.41) is 14.5. The van der Waals surface area contributed by atoms with Gasteiger partial charge in [0.2, 0.25) is 0 Å². The average molecular weight is 323 g/mol. The van der Waals surface area contributed by atoms with Gasteiger partial charge in [-0.05, 0) is 23.6 Å². The number of aliphatic hydroxyl groups excluding tert-OH is 1. The number of amidine groups is 1. The summed E-state index contributed by atoms with van der Waals surface area (Å²) in [5.74, 6) is 0. The normalized spacial score (nSPS) is 18.1. The number of nitrogens with zero attached hydrogens (tertiary/aromatic N) is 2. The van der Waals surface area contributed by atoms with E-state index >= 15 is 0 Å². The minimum absolute atomic E-state index is 0.0373. The van der Waals surface area contributed by atoms with Gasteiger partial charge in [-0.15, -0.1) is 11.3 Å². The lowest BCUT2D eigenvalue weighted by Gasteiger charge is -2.17. The van der Waals surface area contributed by atoms with Gasteiger partial charge in [-0.25, -0.2) is 0 Å². The molecule has 0 spiro atoms. The number of fused-ring (bicyclic) bond motifs is 2. The fourth-order valence-electron chi connectivity index (χ4n) is 2.62. The van der Waals surface area contributed by atoms with Crippen LogP contribution in [0.2, 0.25) is 5.02 Å². The zero-order chi connectivity index (χ0) is 13.7. The first kappa shape index (κ1) is 12.7. The summed E-state index contributed by atoms with van der Waals surface area (Å²) < 4.78 is 1.17. The SMILES string of the molecule is OCC1=C(c2cc(Cl)c3ccsc3c2)N2CCN=C2S1. The van der Waals surface area contributed by atoms with Crippen molar-refractivity contribution in [3.63, 3.8) is 0 Å². The molecular formula is C14H11ClN2OS2. The number of thiophene rings is 1. The second-order valence-corrected chi connectivity index (χ2v) is 7.06. The van der Waals surface area contributed by atoms with Gasteiger partial charge in [-0.1, -0.05) is 23.4 Å². The van der Waals surface area contributed by atoms with Crippen LogP contribution in [0.5, 0.6) is 0 Å². The van der Waals surface area contributed by atoms with Crippen molar-refractivity contribution in [1.29, 1.82) is 0 Å². The second-order valence-electron chi connectivity index (χ2n) is 4.64. The first-order chi connectivity index (χ1) is 9.78. The molecule has 2 aliphatic heterocycles. The number of thioether (sulfide) groups is 1. The lowest BCUT2D eigenvalue weighted by atomic mass is 10.1. The van der Waals surface area contributed by atoms with E-state index in [-0.39, 0.29) is 6.61 Å². The Bertz CT molecular complexity index is 766. The maximum atomic E-state index is 9.60. The van der Waals surface area contributed by atoms with E-state index in [0.717, 1.165) is 44.8 Å². The molecule has 6 heteroatoms. The number of hydrogen-bond donors (Lipinski definition) is 1. The van der Waals surface area contributed by atoms with Crippen molar-refractivity contribution in [3.8, 4) is 0 Å². The molecule has 3 nitrogen and oxygen atoms in total. The van der Waals surface area contributed by atoms with Gasteiger partial charge in [0.15, 0.2) is 5.17 Å². The molecule has 4 rings (SSSR count). The molecule has 1 aromatic carbocycles. The van der Waals surface area contributed by atoms with Crippen LogP contribution in [-0.2, 0) is 0 Å². The molecule has 2 aliphatic rings. The monoisotopic (exact) mass is 322 g/mol. The van der Waals surface area contributed by atoms with Gasteiger partial charge in [-0.3, -0.25) is 4.99 Å². The van der Waals surface area contributed by atoms with E-state index in [0.29, 0.717) is 0 Å². The number of rotatable bonds is 2. The first-order valence-electron chi connectivity index (χ1n) is 6.29. The molecule has 0 unspecified atom stereocenters. The zero-order valence-corrected chi connectivity index (χ0v) is 12.9. The minimum Gasteiger partial charge on any atom is -0.391 e. The third-order valence-electron chi connectivity index (χ3n) is 3.49. The maximum absolute atomic E-state index is 9.60. The zero-order valence-electron chi connectivity index (χ0n) is 10.5. The standard InChI is InChI=1S/C14H11ClN2OS2/c15-10-5-8(6-11-9(10)1-4-19-11)13-12(7-18)20-14-16-2-3-17(13)14/h1,4-6,18H,2-3,7H2. The molecule has 20 heavy (non-hydrogen) atoms. The van der Waals surface area contributed by atoms with E-state index in [4.69, 9.17) is 11.6 Å². The summed E-state index contributed by atoms with van der Waals surface area (Å²) in [5.41, 5.74) is 2.12. The number of halogens is 1. The Morgan fingerprint density at radius 2 is 2.30 bits per heavy atom. The van der Waals surface area contributed by atoms with Gasteiger partial charge in [0, 0.05) is 32.1 Å². The highest BCUT2D eigenvalue weighted by Gasteiger charge is 2.32. The minimum atomic E-state index is 0.0373. The largest absolute Gasteiger partial charge is 0.391 e. The van der Waals surface area contributed by atoms with Crippen LogP contribution in [0, 0.1) is 0 Å². The van der Waals surface area contributed by atoms with Crippen LogP contribution in [0.1, 0.15) is 5.56 Å². The molecule has 0 aliphatic carbocycles. The topological polar surface area (TPSA) is 35.8 Å². The molecule has 0 amide bonds. The molecule has 0 saturated heterocycles. The summed E-state index contributed by atoms with van der Waals surface area (Å²) in [6.07, 6.45) is 0. The Kier molecular flexibility index (Phi) is 3.03. The predicted molar refractivity (Wildman–Crippen MR) is 87.4 cm³/mol. The van der Waals surface area contributed by atoms with Crippen molar-refractivity contribution >= 4 is 55.7 Å². The lowest BCUT2D eigenvalue weighted by Crippen LogP contribution is -2.20. The van der Waals surface area contributed by atoms with E-state index in [1.807, 2.05) is 17.5 Å².